The van der Waals surface area contributed by atoms with E-state index in [0.29, 0.717) is 13.0 Å². The highest BCUT2D eigenvalue weighted by Gasteiger charge is 2.21. The zero-order valence-electron chi connectivity index (χ0n) is 14.4. The molecule has 25 heavy (non-hydrogen) atoms. The summed E-state index contributed by atoms with van der Waals surface area (Å²) in [7, 11) is 0. The number of aryl methyl sites for hydroxylation is 1. The third-order valence-electron chi connectivity index (χ3n) is 4.40. The fraction of sp³-hybridized carbons (Fsp3) is 0.389. The summed E-state index contributed by atoms with van der Waals surface area (Å²) >= 11 is 3.46. The molecule has 1 aromatic carbocycles. The molecule has 1 aliphatic rings. The Balaban J connectivity index is 1.55. The molecule has 2 aromatic rings. The van der Waals surface area contributed by atoms with Gasteiger partial charge in [0, 0.05) is 25.2 Å². The average molecular weight is 405 g/mol. The number of benzene rings is 1. The molecular formula is C18H21BrN4O2. The lowest BCUT2D eigenvalue weighted by atomic mass is 10.2. The van der Waals surface area contributed by atoms with Crippen molar-refractivity contribution < 1.29 is 9.59 Å². The summed E-state index contributed by atoms with van der Waals surface area (Å²) in [5, 5.41) is 7.24. The van der Waals surface area contributed by atoms with E-state index in [1.54, 1.807) is 4.68 Å². The maximum absolute atomic E-state index is 12.1. The van der Waals surface area contributed by atoms with Crippen molar-refractivity contribution in [3.63, 3.8) is 0 Å². The van der Waals surface area contributed by atoms with Crippen molar-refractivity contribution >= 4 is 33.4 Å². The molecule has 0 spiro atoms. The van der Waals surface area contributed by atoms with Gasteiger partial charge in [0.1, 0.15) is 6.54 Å². The summed E-state index contributed by atoms with van der Waals surface area (Å²) in [5.41, 5.74) is 3.73. The third kappa shape index (κ3) is 3.92. The highest BCUT2D eigenvalue weighted by Crippen LogP contribution is 2.22. The smallest absolute Gasteiger partial charge is 0.242 e. The quantitative estimate of drug-likeness (QED) is 0.832. The molecule has 3 rings (SSSR count). The lowest BCUT2D eigenvalue weighted by Crippen LogP contribution is -2.28. The van der Waals surface area contributed by atoms with Gasteiger partial charge in [0.25, 0.3) is 0 Å². The number of hydrogen-bond acceptors (Lipinski definition) is 3. The van der Waals surface area contributed by atoms with Crippen LogP contribution < -0.4 is 10.2 Å². The normalized spacial score (nSPS) is 14.2. The third-order valence-corrected chi connectivity index (χ3v) is 5.55. The number of halogens is 1. The lowest BCUT2D eigenvalue weighted by Gasteiger charge is -2.16. The van der Waals surface area contributed by atoms with Crippen LogP contribution in [0.2, 0.25) is 0 Å². The Labute approximate surface area is 155 Å². The predicted molar refractivity (Wildman–Crippen MR) is 99.3 cm³/mol. The monoisotopic (exact) mass is 404 g/mol. The summed E-state index contributed by atoms with van der Waals surface area (Å²) in [4.78, 5) is 25.7. The first kappa shape index (κ1) is 17.7. The van der Waals surface area contributed by atoms with Crippen LogP contribution in [0.1, 0.15) is 29.8 Å². The van der Waals surface area contributed by atoms with Crippen molar-refractivity contribution in [3.8, 4) is 0 Å². The molecule has 7 heteroatoms. The van der Waals surface area contributed by atoms with Crippen LogP contribution in [0.15, 0.2) is 28.7 Å². The Hall–Kier alpha value is -2.15. The van der Waals surface area contributed by atoms with Gasteiger partial charge >= 0.3 is 0 Å². The maximum Gasteiger partial charge on any atom is 0.242 e. The lowest BCUT2D eigenvalue weighted by molar-refractivity contribution is -0.122. The second kappa shape index (κ2) is 7.39. The first-order valence-electron chi connectivity index (χ1n) is 8.31. The first-order valence-corrected chi connectivity index (χ1v) is 9.10. The van der Waals surface area contributed by atoms with Crippen LogP contribution in [0.4, 0.5) is 5.69 Å². The zero-order valence-corrected chi connectivity index (χ0v) is 16.0. The van der Waals surface area contributed by atoms with Crippen LogP contribution in [0, 0.1) is 13.8 Å². The molecule has 0 bridgehead atoms. The molecule has 2 amide bonds. The minimum atomic E-state index is -0.0862. The van der Waals surface area contributed by atoms with Gasteiger partial charge in [0.05, 0.1) is 15.9 Å². The number of carbonyl (C=O) groups is 2. The topological polar surface area (TPSA) is 67.2 Å². The van der Waals surface area contributed by atoms with Gasteiger partial charge in [-0.3, -0.25) is 14.3 Å². The zero-order chi connectivity index (χ0) is 18.0. The SMILES string of the molecule is Cc1nn(CC(=O)NCc2ccc(N3CCCC3=O)cc2)c(C)c1Br. The number of carbonyl (C=O) groups excluding carboxylic acids is 2. The number of amides is 2. The summed E-state index contributed by atoms with van der Waals surface area (Å²) in [6.07, 6.45) is 1.54. The Morgan fingerprint density at radius 3 is 2.56 bits per heavy atom. The van der Waals surface area contributed by atoms with Gasteiger partial charge in [0.15, 0.2) is 0 Å². The molecule has 1 aliphatic heterocycles. The van der Waals surface area contributed by atoms with Crippen LogP contribution in [0.3, 0.4) is 0 Å². The average Bonchev–Trinajstić information content (AvgIpc) is 3.13. The van der Waals surface area contributed by atoms with Crippen molar-refractivity contribution in [2.75, 3.05) is 11.4 Å². The Kier molecular flexibility index (Phi) is 5.22. The number of hydrogen-bond donors (Lipinski definition) is 1. The molecule has 2 heterocycles. The summed E-state index contributed by atoms with van der Waals surface area (Å²) in [6, 6.07) is 7.76. The van der Waals surface area contributed by atoms with Crippen molar-refractivity contribution in [2.45, 2.75) is 39.8 Å². The number of nitrogens with one attached hydrogen (secondary N) is 1. The molecule has 1 fully saturated rings. The van der Waals surface area contributed by atoms with Gasteiger partial charge in [-0.1, -0.05) is 12.1 Å². The van der Waals surface area contributed by atoms with Crippen LogP contribution in [-0.2, 0) is 22.7 Å². The van der Waals surface area contributed by atoms with Crippen molar-refractivity contribution in [1.82, 2.24) is 15.1 Å². The molecule has 0 aliphatic carbocycles. The van der Waals surface area contributed by atoms with Gasteiger partial charge in [-0.05, 0) is 53.9 Å². The fourth-order valence-corrected chi connectivity index (χ4v) is 3.22. The van der Waals surface area contributed by atoms with E-state index in [-0.39, 0.29) is 18.4 Å². The van der Waals surface area contributed by atoms with Crippen LogP contribution in [0.25, 0.3) is 0 Å². The van der Waals surface area contributed by atoms with Gasteiger partial charge in [-0.15, -0.1) is 0 Å². The van der Waals surface area contributed by atoms with E-state index in [1.165, 1.54) is 0 Å². The van der Waals surface area contributed by atoms with Crippen LogP contribution >= 0.6 is 15.9 Å². The molecule has 0 saturated carbocycles. The maximum atomic E-state index is 12.1. The van der Waals surface area contributed by atoms with Gasteiger partial charge < -0.3 is 10.2 Å². The first-order chi connectivity index (χ1) is 12.0. The van der Waals surface area contributed by atoms with Gasteiger partial charge in [0.2, 0.25) is 11.8 Å². The van der Waals surface area contributed by atoms with Crippen molar-refractivity contribution in [3.05, 3.63) is 45.7 Å². The standard InChI is InChI=1S/C18H21BrN4O2/c1-12-18(19)13(2)23(21-12)11-16(24)20-10-14-5-7-15(8-6-14)22-9-3-4-17(22)25/h5-8H,3-4,9-11H2,1-2H3,(H,20,24). The van der Waals surface area contributed by atoms with Crippen molar-refractivity contribution in [2.24, 2.45) is 0 Å². The number of anilines is 1. The second-order valence-electron chi connectivity index (χ2n) is 6.23. The van der Waals surface area contributed by atoms with Crippen LogP contribution in [-0.4, -0.2) is 28.1 Å². The summed E-state index contributed by atoms with van der Waals surface area (Å²) in [6.45, 7) is 5.26. The van der Waals surface area contributed by atoms with Gasteiger partial charge in [-0.2, -0.15) is 5.10 Å². The van der Waals surface area contributed by atoms with Crippen LogP contribution in [0.5, 0.6) is 0 Å². The van der Waals surface area contributed by atoms with E-state index in [4.69, 9.17) is 0 Å². The molecule has 1 saturated heterocycles. The summed E-state index contributed by atoms with van der Waals surface area (Å²) in [5.74, 6) is 0.0917. The Morgan fingerprint density at radius 2 is 2.00 bits per heavy atom. The highest BCUT2D eigenvalue weighted by atomic mass is 79.9. The minimum absolute atomic E-state index is 0.0862. The van der Waals surface area contributed by atoms with Crippen molar-refractivity contribution in [1.29, 1.82) is 0 Å². The predicted octanol–water partition coefficient (Wildman–Crippen LogP) is 2.71. The Bertz CT molecular complexity index is 798. The molecule has 1 aromatic heterocycles. The fourth-order valence-electron chi connectivity index (χ4n) is 2.94. The molecule has 0 radical (unpaired) electrons. The highest BCUT2D eigenvalue weighted by molar-refractivity contribution is 9.10. The molecule has 0 atom stereocenters. The molecular weight excluding hydrogens is 384 g/mol. The van der Waals surface area contributed by atoms with E-state index in [1.807, 2.05) is 43.0 Å². The largest absolute Gasteiger partial charge is 0.350 e. The van der Waals surface area contributed by atoms with Gasteiger partial charge in [-0.25, -0.2) is 0 Å². The van der Waals surface area contributed by atoms with E-state index >= 15 is 0 Å². The number of nitrogens with zero attached hydrogens (tertiary/aromatic N) is 3. The molecule has 1 N–H and O–H groups in total. The number of aromatic nitrogens is 2. The molecule has 6 nitrogen and oxygen atoms in total. The van der Waals surface area contributed by atoms with E-state index in [2.05, 4.69) is 26.3 Å². The second-order valence-corrected chi connectivity index (χ2v) is 7.03. The minimum Gasteiger partial charge on any atom is -0.350 e. The molecule has 132 valence electrons. The number of rotatable bonds is 5. The van der Waals surface area contributed by atoms with E-state index in [0.717, 1.165) is 40.1 Å². The van der Waals surface area contributed by atoms with E-state index in [9.17, 15) is 9.59 Å². The summed E-state index contributed by atoms with van der Waals surface area (Å²) < 4.78 is 2.63. The van der Waals surface area contributed by atoms with E-state index < -0.39 is 0 Å². The molecule has 0 unspecified atom stereocenters. The Morgan fingerprint density at radius 1 is 1.28 bits per heavy atom.